The molecule has 1 saturated heterocycles. The lowest BCUT2D eigenvalue weighted by Crippen LogP contribution is -2.51. The predicted molar refractivity (Wildman–Crippen MR) is 147 cm³/mol. The fourth-order valence-corrected chi connectivity index (χ4v) is 6.10. The van der Waals surface area contributed by atoms with Crippen LogP contribution in [0.3, 0.4) is 0 Å². The van der Waals surface area contributed by atoms with Gasteiger partial charge in [-0.1, -0.05) is 18.2 Å². The lowest BCUT2D eigenvalue weighted by Gasteiger charge is -2.29. The number of hydrogen-bond donors (Lipinski definition) is 2. The number of ether oxygens (including phenoxy) is 2. The fraction of sp³-hybridized carbons (Fsp3) is 0.484. The first-order valence-corrected chi connectivity index (χ1v) is 14.1. The van der Waals surface area contributed by atoms with Crippen LogP contribution < -0.4 is 15.4 Å². The Labute approximate surface area is 233 Å². The van der Waals surface area contributed by atoms with Gasteiger partial charge in [-0.2, -0.15) is 0 Å². The standard InChI is InChI=1S/C31H37F2N3O4/c1-39-24-8-9-25-26(18-24)27-19-29(25)40-13-4-2-3-6-28(36-12-5-7-30(36)37)31(38)35-23(10-11-34-27)16-20-14-21(32)17-22(33)15-20/h2,4,8-9,14-15,17-18,23,27-29,34H,3,5-7,10-13,16,19H2,1H3,(H,35,38)/b4-2+/t23-,27+,28+,29-/m1/s1. The van der Waals surface area contributed by atoms with E-state index in [1.54, 1.807) is 12.0 Å². The predicted octanol–water partition coefficient (Wildman–Crippen LogP) is 4.52. The molecule has 40 heavy (non-hydrogen) atoms. The summed E-state index contributed by atoms with van der Waals surface area (Å²) in [6.45, 7) is 1.56. The van der Waals surface area contributed by atoms with Crippen molar-refractivity contribution in [1.82, 2.24) is 15.5 Å². The van der Waals surface area contributed by atoms with Gasteiger partial charge in [-0.25, -0.2) is 8.78 Å². The highest BCUT2D eigenvalue weighted by molar-refractivity contribution is 5.88. The average molecular weight is 554 g/mol. The number of amides is 2. The first-order chi connectivity index (χ1) is 19.4. The van der Waals surface area contributed by atoms with E-state index in [0.717, 1.165) is 35.8 Å². The minimum absolute atomic E-state index is 0.0166. The van der Waals surface area contributed by atoms with Gasteiger partial charge in [-0.3, -0.25) is 9.59 Å². The first kappa shape index (κ1) is 28.2. The van der Waals surface area contributed by atoms with Gasteiger partial charge in [0.1, 0.15) is 23.4 Å². The van der Waals surface area contributed by atoms with Crippen LogP contribution in [-0.2, 0) is 20.7 Å². The average Bonchev–Trinajstić information content (AvgIpc) is 3.49. The molecule has 2 aromatic rings. The van der Waals surface area contributed by atoms with E-state index in [2.05, 4.69) is 16.7 Å². The number of nitrogens with zero attached hydrogens (tertiary/aromatic N) is 1. The number of methoxy groups -OCH3 is 1. The normalized spacial score (nSPS) is 26.8. The Kier molecular flexibility index (Phi) is 9.11. The van der Waals surface area contributed by atoms with Crippen molar-refractivity contribution in [1.29, 1.82) is 0 Å². The molecule has 0 radical (unpaired) electrons. The second-order valence-electron chi connectivity index (χ2n) is 10.8. The maximum Gasteiger partial charge on any atom is 0.243 e. The van der Waals surface area contributed by atoms with E-state index in [4.69, 9.17) is 9.47 Å². The third-order valence-corrected chi connectivity index (χ3v) is 8.06. The van der Waals surface area contributed by atoms with E-state index in [9.17, 15) is 18.4 Å². The second-order valence-corrected chi connectivity index (χ2v) is 10.8. The molecule has 5 rings (SSSR count). The number of carbonyl (C=O) groups is 2. The largest absolute Gasteiger partial charge is 0.497 e. The number of halogens is 2. The molecule has 2 bridgehead atoms. The van der Waals surface area contributed by atoms with Crippen molar-refractivity contribution in [2.45, 2.75) is 69.2 Å². The zero-order valence-electron chi connectivity index (χ0n) is 22.8. The molecule has 2 heterocycles. The number of benzene rings is 2. The van der Waals surface area contributed by atoms with Gasteiger partial charge in [0.05, 0.1) is 19.8 Å². The number of rotatable bonds is 4. The summed E-state index contributed by atoms with van der Waals surface area (Å²) in [6, 6.07) is 8.53. The highest BCUT2D eigenvalue weighted by Gasteiger charge is 2.34. The van der Waals surface area contributed by atoms with Gasteiger partial charge in [0.15, 0.2) is 0 Å². The summed E-state index contributed by atoms with van der Waals surface area (Å²) in [5, 5.41) is 6.74. The molecule has 2 aliphatic heterocycles. The van der Waals surface area contributed by atoms with Gasteiger partial charge in [-0.05, 0) is 86.0 Å². The maximum atomic E-state index is 14.0. The Morgan fingerprint density at radius 1 is 1.05 bits per heavy atom. The van der Waals surface area contributed by atoms with Crippen molar-refractivity contribution < 1.29 is 27.8 Å². The van der Waals surface area contributed by atoms with E-state index < -0.39 is 17.7 Å². The molecule has 1 fully saturated rings. The zero-order chi connectivity index (χ0) is 28.1. The van der Waals surface area contributed by atoms with Crippen LogP contribution in [0.2, 0.25) is 0 Å². The first-order valence-electron chi connectivity index (χ1n) is 14.1. The Morgan fingerprint density at radius 3 is 2.62 bits per heavy atom. The fourth-order valence-electron chi connectivity index (χ4n) is 6.10. The van der Waals surface area contributed by atoms with Crippen molar-refractivity contribution in [2.24, 2.45) is 0 Å². The minimum atomic E-state index is -0.650. The van der Waals surface area contributed by atoms with E-state index in [1.807, 2.05) is 24.3 Å². The summed E-state index contributed by atoms with van der Waals surface area (Å²) < 4.78 is 39.7. The number of nitrogens with one attached hydrogen (secondary N) is 2. The van der Waals surface area contributed by atoms with Gasteiger partial charge < -0.3 is 25.0 Å². The monoisotopic (exact) mass is 553 g/mol. The molecular weight excluding hydrogens is 516 g/mol. The van der Waals surface area contributed by atoms with Gasteiger partial charge in [0.2, 0.25) is 11.8 Å². The number of likely N-dealkylation sites (tertiary alicyclic amines) is 1. The number of hydrogen-bond acceptors (Lipinski definition) is 5. The van der Waals surface area contributed by atoms with E-state index >= 15 is 0 Å². The van der Waals surface area contributed by atoms with E-state index in [0.29, 0.717) is 50.9 Å². The summed E-state index contributed by atoms with van der Waals surface area (Å²) in [5.41, 5.74) is 2.72. The molecular formula is C31H37F2N3O4. The van der Waals surface area contributed by atoms with Crippen LogP contribution in [0.25, 0.3) is 0 Å². The summed E-state index contributed by atoms with van der Waals surface area (Å²) in [6.07, 6.45) is 7.76. The highest BCUT2D eigenvalue weighted by Crippen LogP contribution is 2.42. The van der Waals surface area contributed by atoms with Crippen LogP contribution in [0.5, 0.6) is 5.75 Å². The molecule has 0 aromatic heterocycles. The molecule has 2 aromatic carbocycles. The molecule has 9 heteroatoms. The quantitative estimate of drug-likeness (QED) is 0.545. The Balaban J connectivity index is 1.39. The van der Waals surface area contributed by atoms with Gasteiger partial charge in [-0.15, -0.1) is 0 Å². The topological polar surface area (TPSA) is 79.9 Å². The smallest absolute Gasteiger partial charge is 0.243 e. The van der Waals surface area contributed by atoms with Crippen molar-refractivity contribution in [2.75, 3.05) is 26.8 Å². The molecule has 0 saturated carbocycles. The molecule has 0 unspecified atom stereocenters. The molecule has 0 spiro atoms. The maximum absolute atomic E-state index is 14.0. The van der Waals surface area contributed by atoms with Crippen LogP contribution in [0, 0.1) is 11.6 Å². The molecule has 3 aliphatic rings. The van der Waals surface area contributed by atoms with Gasteiger partial charge in [0.25, 0.3) is 0 Å². The third-order valence-electron chi connectivity index (χ3n) is 8.06. The van der Waals surface area contributed by atoms with E-state index in [-0.39, 0.29) is 36.4 Å². The zero-order valence-corrected chi connectivity index (χ0v) is 22.8. The summed E-state index contributed by atoms with van der Waals surface area (Å²) in [5.74, 6) is -0.773. The van der Waals surface area contributed by atoms with Crippen LogP contribution in [0.4, 0.5) is 8.78 Å². The molecule has 1 aliphatic carbocycles. The number of fused-ring (bicyclic) bond motifs is 5. The van der Waals surface area contributed by atoms with Crippen LogP contribution in [-0.4, -0.2) is 55.6 Å². The van der Waals surface area contributed by atoms with Crippen LogP contribution >= 0.6 is 0 Å². The van der Waals surface area contributed by atoms with Crippen LogP contribution in [0.1, 0.15) is 67.4 Å². The third kappa shape index (κ3) is 6.70. The lowest BCUT2D eigenvalue weighted by atomic mass is 10.0. The van der Waals surface area contributed by atoms with Gasteiger partial charge in [0, 0.05) is 31.1 Å². The Morgan fingerprint density at radius 2 is 1.88 bits per heavy atom. The molecule has 214 valence electrons. The Hall–Kier alpha value is -3.30. The van der Waals surface area contributed by atoms with Gasteiger partial charge >= 0.3 is 0 Å². The second kappa shape index (κ2) is 12.9. The molecule has 4 atom stereocenters. The minimum Gasteiger partial charge on any atom is -0.497 e. The van der Waals surface area contributed by atoms with Crippen molar-refractivity contribution >= 4 is 11.8 Å². The number of carbonyl (C=O) groups excluding carboxylic acids is 2. The van der Waals surface area contributed by atoms with Crippen molar-refractivity contribution in [3.8, 4) is 5.75 Å². The van der Waals surface area contributed by atoms with Crippen molar-refractivity contribution in [3.63, 3.8) is 0 Å². The lowest BCUT2D eigenvalue weighted by molar-refractivity contribution is -0.138. The highest BCUT2D eigenvalue weighted by atomic mass is 19.1. The van der Waals surface area contributed by atoms with Crippen LogP contribution in [0.15, 0.2) is 48.6 Å². The summed E-state index contributed by atoms with van der Waals surface area (Å²) >= 11 is 0. The SMILES string of the molecule is COc1ccc2c(c1)[C@@H]1C[C@H]2OC/C=C/CC[C@H](N2CCCC2=O)C(=O)N[C@@H](Cc2cc(F)cc(F)c2)CCN1. The summed E-state index contributed by atoms with van der Waals surface area (Å²) in [4.78, 5) is 27.8. The summed E-state index contributed by atoms with van der Waals surface area (Å²) in [7, 11) is 1.64. The van der Waals surface area contributed by atoms with E-state index in [1.165, 1.54) is 12.1 Å². The molecule has 2 amide bonds. The molecule has 2 N–H and O–H groups in total. The number of allylic oxidation sites excluding steroid dienone is 1. The molecule has 7 nitrogen and oxygen atoms in total. The Bertz CT molecular complexity index is 1230. The van der Waals surface area contributed by atoms with Crippen molar-refractivity contribution in [3.05, 3.63) is 76.9 Å².